The monoisotopic (exact) mass is 300 g/mol. The molecule has 0 spiro atoms. The fourth-order valence-electron chi connectivity index (χ4n) is 2.69. The van der Waals surface area contributed by atoms with Gasteiger partial charge in [-0.25, -0.2) is 4.79 Å². The smallest absolute Gasteiger partial charge is 0.327 e. The lowest BCUT2D eigenvalue weighted by Gasteiger charge is -2.40. The van der Waals surface area contributed by atoms with Crippen LogP contribution in [0.1, 0.15) is 27.1 Å². The highest BCUT2D eigenvalue weighted by atomic mass is 16.4. The summed E-state index contributed by atoms with van der Waals surface area (Å²) in [7, 11) is 0. The number of nitrogens with one attached hydrogen (secondary N) is 1. The Hall–Kier alpha value is -2.96. The Labute approximate surface area is 125 Å². The molecule has 1 fully saturated rings. The summed E-state index contributed by atoms with van der Waals surface area (Å²) < 4.78 is 0. The van der Waals surface area contributed by atoms with Crippen LogP contribution in [0.3, 0.4) is 0 Å². The molecule has 0 aromatic heterocycles. The molecule has 7 heteroatoms. The number of amides is 3. The molecule has 2 aliphatic heterocycles. The van der Waals surface area contributed by atoms with Crippen molar-refractivity contribution in [1.82, 2.24) is 10.2 Å². The fraction of sp³-hybridized carbons (Fsp3) is 0.200. The first kappa shape index (κ1) is 14.0. The molecule has 7 nitrogen and oxygen atoms in total. The van der Waals surface area contributed by atoms with Crippen molar-refractivity contribution < 1.29 is 24.3 Å². The number of β-lactam (4-membered cyclic amide) rings is 1. The van der Waals surface area contributed by atoms with E-state index in [4.69, 9.17) is 5.11 Å². The maximum absolute atomic E-state index is 12.3. The van der Waals surface area contributed by atoms with Gasteiger partial charge >= 0.3 is 5.97 Å². The average molecular weight is 300 g/mol. The molecule has 3 rings (SSSR count). The van der Waals surface area contributed by atoms with Gasteiger partial charge in [0.1, 0.15) is 6.04 Å². The van der Waals surface area contributed by atoms with Gasteiger partial charge in [-0.1, -0.05) is 18.2 Å². The summed E-state index contributed by atoms with van der Waals surface area (Å²) in [6, 6.07) is 5.04. The zero-order valence-corrected chi connectivity index (χ0v) is 11.4. The van der Waals surface area contributed by atoms with Crippen molar-refractivity contribution >= 4 is 23.7 Å². The second-order valence-corrected chi connectivity index (χ2v) is 5.06. The molecular formula is C15H12N2O5. The second-order valence-electron chi connectivity index (χ2n) is 5.06. The molecule has 0 aliphatic carbocycles. The van der Waals surface area contributed by atoms with Crippen LogP contribution in [-0.2, 0) is 9.59 Å². The summed E-state index contributed by atoms with van der Waals surface area (Å²) >= 11 is 0. The van der Waals surface area contributed by atoms with E-state index in [1.165, 1.54) is 6.08 Å². The van der Waals surface area contributed by atoms with Crippen molar-refractivity contribution in [2.75, 3.05) is 0 Å². The van der Waals surface area contributed by atoms with Crippen molar-refractivity contribution in [3.05, 3.63) is 47.5 Å². The van der Waals surface area contributed by atoms with Crippen molar-refractivity contribution in [1.29, 1.82) is 0 Å². The molecule has 0 saturated carbocycles. The van der Waals surface area contributed by atoms with Crippen LogP contribution in [0.4, 0.5) is 0 Å². The maximum Gasteiger partial charge on any atom is 0.327 e. The van der Waals surface area contributed by atoms with E-state index in [1.807, 2.05) is 0 Å². The van der Waals surface area contributed by atoms with E-state index >= 15 is 0 Å². The number of hydrogen-bond donors (Lipinski definition) is 2. The van der Waals surface area contributed by atoms with Crippen LogP contribution in [0.5, 0.6) is 0 Å². The normalized spacial score (nSPS) is 23.5. The van der Waals surface area contributed by atoms with Gasteiger partial charge in [0.15, 0.2) is 0 Å². The predicted octanol–water partition coefficient (Wildman–Crippen LogP) is 0.180. The van der Waals surface area contributed by atoms with Crippen LogP contribution in [0.15, 0.2) is 36.4 Å². The van der Waals surface area contributed by atoms with Crippen LogP contribution in [-0.4, -0.2) is 45.8 Å². The number of carboxylic acid groups (broad SMARTS) is 1. The number of imide groups is 1. The third-order valence-corrected chi connectivity index (χ3v) is 3.73. The average Bonchev–Trinajstić information content (AvgIpc) is 2.72. The summed E-state index contributed by atoms with van der Waals surface area (Å²) in [6.45, 7) is 0. The lowest BCUT2D eigenvalue weighted by Crippen LogP contribution is -2.69. The van der Waals surface area contributed by atoms with Gasteiger partial charge < -0.3 is 10.4 Å². The minimum atomic E-state index is -1.09. The van der Waals surface area contributed by atoms with Gasteiger partial charge in [0.2, 0.25) is 5.91 Å². The largest absolute Gasteiger partial charge is 0.478 e. The van der Waals surface area contributed by atoms with Gasteiger partial charge in [0.05, 0.1) is 17.2 Å². The standard InChI is InChI=1S/C15H12N2O5/c18-11(19)7-3-6-10-12(13(20)16-10)17-14(21)8-4-1-2-5-9(8)15(17)22/h1-5,7,10,12H,6H2,(H,16,20)(H,18,19). The molecule has 1 aromatic rings. The number of rotatable bonds is 4. The van der Waals surface area contributed by atoms with Crippen molar-refractivity contribution in [3.8, 4) is 0 Å². The van der Waals surface area contributed by atoms with Gasteiger partial charge in [-0.3, -0.25) is 19.3 Å². The Bertz CT molecular complexity index is 689. The number of benzene rings is 1. The molecular weight excluding hydrogens is 288 g/mol. The minimum Gasteiger partial charge on any atom is -0.478 e. The molecule has 0 radical (unpaired) electrons. The van der Waals surface area contributed by atoms with Gasteiger partial charge in [0, 0.05) is 6.08 Å². The number of carboxylic acids is 1. The molecule has 2 N–H and O–H groups in total. The number of carbonyl (C=O) groups excluding carboxylic acids is 3. The van der Waals surface area contributed by atoms with Crippen LogP contribution in [0.25, 0.3) is 0 Å². The zero-order chi connectivity index (χ0) is 15.9. The van der Waals surface area contributed by atoms with Gasteiger partial charge in [-0.15, -0.1) is 0 Å². The Morgan fingerprint density at radius 2 is 1.77 bits per heavy atom. The van der Waals surface area contributed by atoms with E-state index in [-0.39, 0.29) is 17.5 Å². The highest BCUT2D eigenvalue weighted by Gasteiger charge is 2.51. The lowest BCUT2D eigenvalue weighted by molar-refractivity contribution is -0.134. The highest BCUT2D eigenvalue weighted by Crippen LogP contribution is 2.29. The second kappa shape index (κ2) is 5.10. The number of nitrogens with zero attached hydrogens (tertiary/aromatic N) is 1. The Morgan fingerprint density at radius 1 is 1.18 bits per heavy atom. The molecule has 1 saturated heterocycles. The lowest BCUT2D eigenvalue weighted by atomic mass is 9.94. The summed E-state index contributed by atoms with van der Waals surface area (Å²) in [6.07, 6.45) is 2.58. The molecule has 112 valence electrons. The molecule has 1 aromatic carbocycles. The van der Waals surface area contributed by atoms with E-state index in [0.29, 0.717) is 0 Å². The molecule has 0 bridgehead atoms. The quantitative estimate of drug-likeness (QED) is 0.469. The Kier molecular flexibility index (Phi) is 3.25. The predicted molar refractivity (Wildman–Crippen MR) is 74.1 cm³/mol. The first-order chi connectivity index (χ1) is 10.5. The van der Waals surface area contributed by atoms with Crippen LogP contribution in [0, 0.1) is 0 Å². The van der Waals surface area contributed by atoms with E-state index in [1.54, 1.807) is 24.3 Å². The van der Waals surface area contributed by atoms with Gasteiger partial charge in [0.25, 0.3) is 11.8 Å². The third kappa shape index (κ3) is 2.07. The molecule has 2 heterocycles. The summed E-state index contributed by atoms with van der Waals surface area (Å²) in [5, 5.41) is 11.1. The number of carbonyl (C=O) groups is 4. The summed E-state index contributed by atoms with van der Waals surface area (Å²) in [4.78, 5) is 47.8. The van der Waals surface area contributed by atoms with Crippen molar-refractivity contribution in [3.63, 3.8) is 0 Å². The van der Waals surface area contributed by atoms with Crippen LogP contribution < -0.4 is 5.32 Å². The minimum absolute atomic E-state index is 0.232. The third-order valence-electron chi connectivity index (χ3n) is 3.73. The first-order valence-electron chi connectivity index (χ1n) is 6.67. The zero-order valence-electron chi connectivity index (χ0n) is 11.4. The van der Waals surface area contributed by atoms with E-state index in [9.17, 15) is 19.2 Å². The van der Waals surface area contributed by atoms with Crippen LogP contribution in [0.2, 0.25) is 0 Å². The van der Waals surface area contributed by atoms with Gasteiger partial charge in [-0.2, -0.15) is 0 Å². The topological polar surface area (TPSA) is 104 Å². The summed E-state index contributed by atoms with van der Waals surface area (Å²) in [5.74, 6) is -2.49. The van der Waals surface area contributed by atoms with Gasteiger partial charge in [-0.05, 0) is 18.6 Å². The molecule has 3 amide bonds. The molecule has 2 aliphatic rings. The number of aliphatic carboxylic acids is 1. The van der Waals surface area contributed by atoms with E-state index in [0.717, 1.165) is 11.0 Å². The molecule has 22 heavy (non-hydrogen) atoms. The molecule has 2 atom stereocenters. The van der Waals surface area contributed by atoms with E-state index < -0.39 is 35.8 Å². The summed E-state index contributed by atoms with van der Waals surface area (Å²) in [5.41, 5.74) is 0.569. The van der Waals surface area contributed by atoms with E-state index in [2.05, 4.69) is 5.32 Å². The van der Waals surface area contributed by atoms with Crippen molar-refractivity contribution in [2.45, 2.75) is 18.5 Å². The highest BCUT2D eigenvalue weighted by molar-refractivity contribution is 6.23. The maximum atomic E-state index is 12.3. The SMILES string of the molecule is O=C(O)C=CCC1NC(=O)C1N1C(=O)c2ccccc2C1=O. The van der Waals surface area contributed by atoms with Crippen molar-refractivity contribution in [2.24, 2.45) is 0 Å². The van der Waals surface area contributed by atoms with Crippen LogP contribution >= 0.6 is 0 Å². The first-order valence-corrected chi connectivity index (χ1v) is 6.67. The number of hydrogen-bond acceptors (Lipinski definition) is 4. The Balaban J connectivity index is 1.82. The molecule has 2 unspecified atom stereocenters. The fourth-order valence-corrected chi connectivity index (χ4v) is 2.69. The Morgan fingerprint density at radius 3 is 2.27 bits per heavy atom. The number of fused-ring (bicyclic) bond motifs is 1.